The third-order valence-electron chi connectivity index (χ3n) is 3.29. The van der Waals surface area contributed by atoms with Crippen LogP contribution in [0.3, 0.4) is 0 Å². The number of ether oxygens (including phenoxy) is 2. The summed E-state index contributed by atoms with van der Waals surface area (Å²) in [6, 6.07) is 5.86. The highest BCUT2D eigenvalue weighted by molar-refractivity contribution is 5.87. The Kier molecular flexibility index (Phi) is 4.54. The third kappa shape index (κ3) is 4.10. The molecule has 0 spiro atoms. The molecule has 1 aromatic heterocycles. The molecule has 0 aromatic carbocycles. The predicted molar refractivity (Wildman–Crippen MR) is 68.0 cm³/mol. The van der Waals surface area contributed by atoms with Crippen molar-refractivity contribution >= 4 is 5.97 Å². The molecular weight excluding hydrogens is 301 g/mol. The fourth-order valence-corrected chi connectivity index (χ4v) is 2.04. The lowest BCUT2D eigenvalue weighted by Crippen LogP contribution is -2.41. The number of halogens is 3. The van der Waals surface area contributed by atoms with Crippen molar-refractivity contribution in [1.29, 1.82) is 5.26 Å². The van der Waals surface area contributed by atoms with Gasteiger partial charge in [0.15, 0.2) is 12.3 Å². The van der Waals surface area contributed by atoms with Crippen molar-refractivity contribution in [2.45, 2.75) is 37.5 Å². The summed E-state index contributed by atoms with van der Waals surface area (Å²) >= 11 is 0. The van der Waals surface area contributed by atoms with E-state index in [1.54, 1.807) is 0 Å². The molecular formula is C14H13F3N2O3. The molecule has 1 heterocycles. The zero-order valence-corrected chi connectivity index (χ0v) is 11.5. The van der Waals surface area contributed by atoms with E-state index >= 15 is 0 Å². The van der Waals surface area contributed by atoms with E-state index < -0.39 is 24.4 Å². The molecule has 0 amide bonds. The van der Waals surface area contributed by atoms with Gasteiger partial charge in [-0.1, -0.05) is 6.07 Å². The molecule has 5 nitrogen and oxygen atoms in total. The van der Waals surface area contributed by atoms with Gasteiger partial charge in [0.25, 0.3) is 0 Å². The minimum absolute atomic E-state index is 0.0863. The van der Waals surface area contributed by atoms with Crippen LogP contribution in [0.5, 0.6) is 5.88 Å². The standard InChI is InChI=1S/C14H13F3N2O3/c15-14(16,17)9-21-11-4-1-3-10(19-11)12(20)22-13(7-8-18)5-2-6-13/h1,3-4H,2,5-7,9H2. The molecule has 8 heteroatoms. The SMILES string of the molecule is N#CCC1(OC(=O)c2cccc(OCC(F)(F)F)n2)CCC1. The summed E-state index contributed by atoms with van der Waals surface area (Å²) in [5.41, 5.74) is -0.944. The van der Waals surface area contributed by atoms with E-state index in [9.17, 15) is 18.0 Å². The van der Waals surface area contributed by atoms with Gasteiger partial charge in [0.2, 0.25) is 5.88 Å². The van der Waals surface area contributed by atoms with Gasteiger partial charge in [-0.15, -0.1) is 0 Å². The lowest BCUT2D eigenvalue weighted by atomic mass is 9.78. The molecule has 0 atom stereocenters. The van der Waals surface area contributed by atoms with Gasteiger partial charge in [0, 0.05) is 6.07 Å². The van der Waals surface area contributed by atoms with Crippen molar-refractivity contribution in [2.24, 2.45) is 0 Å². The topological polar surface area (TPSA) is 72.2 Å². The lowest BCUT2D eigenvalue weighted by Gasteiger charge is -2.38. The normalized spacial score (nSPS) is 16.3. The number of aromatic nitrogens is 1. The number of nitrogens with zero attached hydrogens (tertiary/aromatic N) is 2. The van der Waals surface area contributed by atoms with E-state index in [0.29, 0.717) is 12.8 Å². The van der Waals surface area contributed by atoms with Gasteiger partial charge in [-0.05, 0) is 25.3 Å². The Morgan fingerprint density at radius 1 is 1.41 bits per heavy atom. The van der Waals surface area contributed by atoms with Crippen molar-refractivity contribution in [2.75, 3.05) is 6.61 Å². The highest BCUT2D eigenvalue weighted by atomic mass is 19.4. The fourth-order valence-electron chi connectivity index (χ4n) is 2.04. The van der Waals surface area contributed by atoms with Crippen LogP contribution in [-0.2, 0) is 4.74 Å². The summed E-state index contributed by atoms with van der Waals surface area (Å²) in [4.78, 5) is 15.7. The quantitative estimate of drug-likeness (QED) is 0.781. The second kappa shape index (κ2) is 6.22. The van der Waals surface area contributed by atoms with Crippen LogP contribution in [0.1, 0.15) is 36.2 Å². The van der Waals surface area contributed by atoms with Gasteiger partial charge in [-0.2, -0.15) is 18.4 Å². The molecule has 1 aromatic rings. The predicted octanol–water partition coefficient (Wildman–Crippen LogP) is 3.02. The van der Waals surface area contributed by atoms with E-state index in [2.05, 4.69) is 9.72 Å². The highest BCUT2D eigenvalue weighted by Gasteiger charge is 2.41. The number of carbonyl (C=O) groups is 1. The minimum atomic E-state index is -4.49. The average molecular weight is 314 g/mol. The first-order valence-electron chi connectivity index (χ1n) is 6.60. The van der Waals surface area contributed by atoms with Crippen LogP contribution in [-0.4, -0.2) is 29.3 Å². The number of rotatable bonds is 5. The van der Waals surface area contributed by atoms with Crippen LogP contribution < -0.4 is 4.74 Å². The first-order valence-corrected chi connectivity index (χ1v) is 6.60. The van der Waals surface area contributed by atoms with E-state index in [0.717, 1.165) is 6.42 Å². The fraction of sp³-hybridized carbons (Fsp3) is 0.500. The van der Waals surface area contributed by atoms with Gasteiger partial charge in [-0.3, -0.25) is 0 Å². The molecule has 22 heavy (non-hydrogen) atoms. The molecule has 0 unspecified atom stereocenters. The number of nitriles is 1. The van der Waals surface area contributed by atoms with E-state index in [1.165, 1.54) is 18.2 Å². The molecule has 1 fully saturated rings. The summed E-state index contributed by atoms with van der Waals surface area (Å²) in [6.45, 7) is -1.49. The number of hydrogen-bond donors (Lipinski definition) is 0. The number of alkyl halides is 3. The van der Waals surface area contributed by atoms with Crippen LogP contribution >= 0.6 is 0 Å². The second-order valence-corrected chi connectivity index (χ2v) is 5.03. The molecule has 2 rings (SSSR count). The summed E-state index contributed by atoms with van der Waals surface area (Å²) in [6.07, 6.45) is -2.35. The molecule has 0 aliphatic heterocycles. The van der Waals surface area contributed by atoms with Crippen LogP contribution in [0.25, 0.3) is 0 Å². The Bertz CT molecular complexity index is 592. The first kappa shape index (κ1) is 16.1. The van der Waals surface area contributed by atoms with Gasteiger partial charge >= 0.3 is 12.1 Å². The summed E-state index contributed by atoms with van der Waals surface area (Å²) in [5, 5.41) is 8.76. The van der Waals surface area contributed by atoms with Crippen LogP contribution in [0.2, 0.25) is 0 Å². The number of pyridine rings is 1. The van der Waals surface area contributed by atoms with Crippen LogP contribution in [0.15, 0.2) is 18.2 Å². The molecule has 1 aliphatic rings. The van der Waals surface area contributed by atoms with Gasteiger partial charge < -0.3 is 9.47 Å². The largest absolute Gasteiger partial charge is 0.468 e. The lowest BCUT2D eigenvalue weighted by molar-refractivity contribution is -0.154. The zero-order valence-electron chi connectivity index (χ0n) is 11.5. The number of esters is 1. The molecule has 0 radical (unpaired) electrons. The highest BCUT2D eigenvalue weighted by Crippen LogP contribution is 2.38. The summed E-state index contributed by atoms with van der Waals surface area (Å²) in [7, 11) is 0. The number of hydrogen-bond acceptors (Lipinski definition) is 5. The van der Waals surface area contributed by atoms with Crippen molar-refractivity contribution in [3.8, 4) is 11.9 Å². The maximum Gasteiger partial charge on any atom is 0.422 e. The Labute approximate surface area is 124 Å². The van der Waals surface area contributed by atoms with Gasteiger partial charge in [0.05, 0.1) is 12.5 Å². The Morgan fingerprint density at radius 2 is 2.14 bits per heavy atom. The zero-order chi connectivity index (χ0) is 16.2. The van der Waals surface area contributed by atoms with Crippen molar-refractivity contribution in [3.05, 3.63) is 23.9 Å². The van der Waals surface area contributed by atoms with E-state index in [4.69, 9.17) is 10.00 Å². The van der Waals surface area contributed by atoms with Crippen molar-refractivity contribution < 1.29 is 27.4 Å². The maximum atomic E-state index is 12.1. The Hall–Kier alpha value is -2.30. The Morgan fingerprint density at radius 3 is 2.68 bits per heavy atom. The first-order chi connectivity index (χ1) is 10.3. The van der Waals surface area contributed by atoms with Crippen molar-refractivity contribution in [3.63, 3.8) is 0 Å². The number of carbonyl (C=O) groups excluding carboxylic acids is 1. The summed E-state index contributed by atoms with van der Waals surface area (Å²) < 4.78 is 46.0. The second-order valence-electron chi connectivity index (χ2n) is 5.03. The van der Waals surface area contributed by atoms with Gasteiger partial charge in [0.1, 0.15) is 5.60 Å². The summed E-state index contributed by atoms with van der Waals surface area (Å²) in [5.74, 6) is -1.08. The molecule has 0 saturated heterocycles. The average Bonchev–Trinajstić information content (AvgIpc) is 2.42. The van der Waals surface area contributed by atoms with E-state index in [1.807, 2.05) is 6.07 Å². The van der Waals surface area contributed by atoms with Crippen LogP contribution in [0, 0.1) is 11.3 Å². The van der Waals surface area contributed by atoms with Gasteiger partial charge in [-0.25, -0.2) is 9.78 Å². The minimum Gasteiger partial charge on any atom is -0.468 e. The molecule has 0 bridgehead atoms. The maximum absolute atomic E-state index is 12.1. The van der Waals surface area contributed by atoms with E-state index in [-0.39, 0.29) is 18.0 Å². The van der Waals surface area contributed by atoms with Crippen molar-refractivity contribution in [1.82, 2.24) is 4.98 Å². The molecule has 0 N–H and O–H groups in total. The molecule has 1 saturated carbocycles. The third-order valence-corrected chi connectivity index (χ3v) is 3.29. The molecule has 118 valence electrons. The molecule has 1 aliphatic carbocycles. The Balaban J connectivity index is 2.02. The smallest absolute Gasteiger partial charge is 0.422 e. The monoisotopic (exact) mass is 314 g/mol. The van der Waals surface area contributed by atoms with Crippen LogP contribution in [0.4, 0.5) is 13.2 Å².